The lowest BCUT2D eigenvalue weighted by Crippen LogP contribution is -2.47. The zero-order valence-electron chi connectivity index (χ0n) is 9.87. The molecule has 1 aliphatic heterocycles. The number of imidazole rings is 1. The van der Waals surface area contributed by atoms with Crippen LogP contribution in [0.4, 0.5) is 0 Å². The number of hydrogen-bond acceptors (Lipinski definition) is 4. The van der Waals surface area contributed by atoms with Crippen molar-refractivity contribution in [3.63, 3.8) is 0 Å². The third-order valence-corrected chi connectivity index (χ3v) is 4.03. The lowest BCUT2D eigenvalue weighted by atomic mass is 10.2. The van der Waals surface area contributed by atoms with Crippen LogP contribution < -0.4 is 0 Å². The summed E-state index contributed by atoms with van der Waals surface area (Å²) in [5, 5.41) is 9.18. The minimum atomic E-state index is -0.730. The van der Waals surface area contributed by atoms with E-state index in [2.05, 4.69) is 16.5 Å². The number of hydrogen-bond donors (Lipinski definition) is 1. The fourth-order valence-corrected chi connectivity index (χ4v) is 3.12. The lowest BCUT2D eigenvalue weighted by molar-refractivity contribution is -0.142. The lowest BCUT2D eigenvalue weighted by Gasteiger charge is -2.32. The van der Waals surface area contributed by atoms with Gasteiger partial charge in [0.15, 0.2) is 0 Å². The average molecular weight is 255 g/mol. The Labute approximate surface area is 105 Å². The molecule has 17 heavy (non-hydrogen) atoms. The van der Waals surface area contributed by atoms with Gasteiger partial charge in [-0.2, -0.15) is 11.8 Å². The smallest absolute Gasteiger partial charge is 0.321 e. The van der Waals surface area contributed by atoms with Gasteiger partial charge < -0.3 is 9.67 Å². The monoisotopic (exact) mass is 255 g/mol. The van der Waals surface area contributed by atoms with Crippen LogP contribution in [0, 0.1) is 0 Å². The van der Waals surface area contributed by atoms with Gasteiger partial charge in [0.1, 0.15) is 11.9 Å². The summed E-state index contributed by atoms with van der Waals surface area (Å²) in [6.07, 6.45) is 3.71. The fourth-order valence-electron chi connectivity index (χ4n) is 2.02. The Bertz CT molecular complexity index is 394. The van der Waals surface area contributed by atoms with Crippen LogP contribution in [0.15, 0.2) is 12.4 Å². The molecular formula is C11H17N3O2S. The summed E-state index contributed by atoms with van der Waals surface area (Å²) in [6, 6.07) is -0.379. The van der Waals surface area contributed by atoms with Gasteiger partial charge in [0.05, 0.1) is 6.54 Å². The van der Waals surface area contributed by atoms with Crippen molar-refractivity contribution in [1.82, 2.24) is 14.5 Å². The molecular weight excluding hydrogens is 238 g/mol. The molecule has 0 radical (unpaired) electrons. The molecule has 1 N–H and O–H groups in total. The number of aromatic nitrogens is 2. The van der Waals surface area contributed by atoms with Crippen LogP contribution in [0.3, 0.4) is 0 Å². The maximum absolute atomic E-state index is 11.2. The summed E-state index contributed by atoms with van der Waals surface area (Å²) in [5.41, 5.74) is 0. The van der Waals surface area contributed by atoms with E-state index in [0.717, 1.165) is 24.7 Å². The summed E-state index contributed by atoms with van der Waals surface area (Å²) in [5.74, 6) is 1.89. The number of aryl methyl sites for hydroxylation is 1. The molecule has 94 valence electrons. The van der Waals surface area contributed by atoms with Gasteiger partial charge in [-0.15, -0.1) is 0 Å². The van der Waals surface area contributed by atoms with E-state index in [9.17, 15) is 9.90 Å². The summed E-state index contributed by atoms with van der Waals surface area (Å²) in [7, 11) is 0. The van der Waals surface area contributed by atoms with Gasteiger partial charge in [-0.3, -0.25) is 9.69 Å². The second-order valence-electron chi connectivity index (χ2n) is 4.03. The van der Waals surface area contributed by atoms with Crippen LogP contribution in [0.2, 0.25) is 0 Å². The van der Waals surface area contributed by atoms with Crippen molar-refractivity contribution in [2.45, 2.75) is 26.1 Å². The Morgan fingerprint density at radius 3 is 3.24 bits per heavy atom. The van der Waals surface area contributed by atoms with E-state index in [1.165, 1.54) is 0 Å². The highest BCUT2D eigenvalue weighted by molar-refractivity contribution is 7.99. The van der Waals surface area contributed by atoms with E-state index in [0.29, 0.717) is 12.3 Å². The Kier molecular flexibility index (Phi) is 4.06. The largest absolute Gasteiger partial charge is 0.480 e. The fraction of sp³-hybridized carbons (Fsp3) is 0.636. The molecule has 1 aliphatic rings. The van der Waals surface area contributed by atoms with Crippen molar-refractivity contribution >= 4 is 17.7 Å². The van der Waals surface area contributed by atoms with Crippen LogP contribution in [-0.2, 0) is 17.9 Å². The third-order valence-electron chi connectivity index (χ3n) is 3.01. The first kappa shape index (κ1) is 12.4. The highest BCUT2D eigenvalue weighted by atomic mass is 32.2. The van der Waals surface area contributed by atoms with Gasteiger partial charge in [0, 0.05) is 37.0 Å². The number of carboxylic acids is 1. The maximum atomic E-state index is 11.2. The molecule has 0 aliphatic carbocycles. The van der Waals surface area contributed by atoms with Crippen LogP contribution >= 0.6 is 11.8 Å². The number of carbonyl (C=O) groups is 1. The van der Waals surface area contributed by atoms with E-state index >= 15 is 0 Å². The van der Waals surface area contributed by atoms with Gasteiger partial charge in [-0.1, -0.05) is 0 Å². The molecule has 5 nitrogen and oxygen atoms in total. The molecule has 0 amide bonds. The van der Waals surface area contributed by atoms with Crippen molar-refractivity contribution in [3.05, 3.63) is 18.2 Å². The number of thioether (sulfide) groups is 1. The molecule has 1 fully saturated rings. The standard InChI is InChI=1S/C11H17N3O2S/c1-2-13-4-3-12-10(13)7-14-5-6-17-8-9(14)11(15)16/h3-4,9H,2,5-8H2,1H3,(H,15,16). The van der Waals surface area contributed by atoms with Gasteiger partial charge in [0.2, 0.25) is 0 Å². The first-order valence-electron chi connectivity index (χ1n) is 5.77. The third kappa shape index (κ3) is 2.81. The highest BCUT2D eigenvalue weighted by Crippen LogP contribution is 2.18. The molecule has 0 bridgehead atoms. The van der Waals surface area contributed by atoms with Crippen LogP contribution in [-0.4, -0.2) is 49.6 Å². The molecule has 1 unspecified atom stereocenters. The zero-order chi connectivity index (χ0) is 12.3. The average Bonchev–Trinajstić information content (AvgIpc) is 2.77. The Morgan fingerprint density at radius 1 is 1.71 bits per heavy atom. The second kappa shape index (κ2) is 5.55. The van der Waals surface area contributed by atoms with E-state index in [-0.39, 0.29) is 6.04 Å². The van der Waals surface area contributed by atoms with E-state index in [1.807, 2.05) is 11.1 Å². The number of rotatable bonds is 4. The number of carboxylic acid groups (broad SMARTS) is 1. The topological polar surface area (TPSA) is 58.4 Å². The molecule has 2 rings (SSSR count). The summed E-state index contributed by atoms with van der Waals surface area (Å²) >= 11 is 1.71. The Morgan fingerprint density at radius 2 is 2.53 bits per heavy atom. The molecule has 0 aromatic carbocycles. The van der Waals surface area contributed by atoms with Crippen LogP contribution in [0.25, 0.3) is 0 Å². The molecule has 2 heterocycles. The molecule has 6 heteroatoms. The minimum absolute atomic E-state index is 0.379. The van der Waals surface area contributed by atoms with Crippen molar-refractivity contribution in [2.24, 2.45) is 0 Å². The normalized spacial score (nSPS) is 21.6. The SMILES string of the molecule is CCn1ccnc1CN1CCSCC1C(=O)O. The van der Waals surface area contributed by atoms with E-state index in [1.54, 1.807) is 18.0 Å². The number of nitrogens with zero attached hydrogens (tertiary/aromatic N) is 3. The highest BCUT2D eigenvalue weighted by Gasteiger charge is 2.29. The summed E-state index contributed by atoms with van der Waals surface area (Å²) < 4.78 is 2.06. The molecule has 0 spiro atoms. The number of aliphatic carboxylic acids is 1. The molecule has 1 aromatic rings. The quantitative estimate of drug-likeness (QED) is 0.866. The van der Waals surface area contributed by atoms with Gasteiger partial charge >= 0.3 is 5.97 Å². The van der Waals surface area contributed by atoms with Crippen molar-refractivity contribution in [1.29, 1.82) is 0 Å². The van der Waals surface area contributed by atoms with Gasteiger partial charge in [0.25, 0.3) is 0 Å². The van der Waals surface area contributed by atoms with Crippen molar-refractivity contribution in [3.8, 4) is 0 Å². The minimum Gasteiger partial charge on any atom is -0.480 e. The van der Waals surface area contributed by atoms with Gasteiger partial charge in [-0.25, -0.2) is 4.98 Å². The predicted octanol–water partition coefficient (Wildman–Crippen LogP) is 0.905. The predicted molar refractivity (Wildman–Crippen MR) is 67.1 cm³/mol. The maximum Gasteiger partial charge on any atom is 0.321 e. The molecule has 1 atom stereocenters. The first-order valence-corrected chi connectivity index (χ1v) is 6.92. The molecule has 1 aromatic heterocycles. The molecule has 0 saturated carbocycles. The van der Waals surface area contributed by atoms with Gasteiger partial charge in [-0.05, 0) is 6.92 Å². The first-order chi connectivity index (χ1) is 8.22. The van der Waals surface area contributed by atoms with Crippen molar-refractivity contribution in [2.75, 3.05) is 18.1 Å². The zero-order valence-corrected chi connectivity index (χ0v) is 10.7. The van der Waals surface area contributed by atoms with E-state index in [4.69, 9.17) is 0 Å². The second-order valence-corrected chi connectivity index (χ2v) is 5.18. The molecule has 1 saturated heterocycles. The Balaban J connectivity index is 2.08. The van der Waals surface area contributed by atoms with Crippen molar-refractivity contribution < 1.29 is 9.90 Å². The summed E-state index contributed by atoms with van der Waals surface area (Å²) in [6.45, 7) is 4.37. The van der Waals surface area contributed by atoms with Crippen LogP contribution in [0.1, 0.15) is 12.7 Å². The summed E-state index contributed by atoms with van der Waals surface area (Å²) in [4.78, 5) is 17.5. The Hall–Kier alpha value is -1.01. The van der Waals surface area contributed by atoms with Crippen LogP contribution in [0.5, 0.6) is 0 Å². The van der Waals surface area contributed by atoms with E-state index < -0.39 is 5.97 Å².